The Balaban J connectivity index is 2.70. The lowest BCUT2D eigenvalue weighted by molar-refractivity contribution is -0.140. The summed E-state index contributed by atoms with van der Waals surface area (Å²) in [6, 6.07) is -2.17. The highest BCUT2D eigenvalue weighted by molar-refractivity contribution is 9.09. The quantitative estimate of drug-likeness (QED) is 0.140. The molecule has 11 N–H and O–H groups in total. The van der Waals surface area contributed by atoms with Crippen LogP contribution in [0, 0.1) is 0 Å². The van der Waals surface area contributed by atoms with E-state index in [1.54, 1.807) is 9.80 Å². The van der Waals surface area contributed by atoms with Gasteiger partial charge in [0.25, 0.3) is 0 Å². The van der Waals surface area contributed by atoms with Gasteiger partial charge < -0.3 is 58.1 Å². The van der Waals surface area contributed by atoms with E-state index in [1.165, 1.54) is 31.4 Å². The summed E-state index contributed by atoms with van der Waals surface area (Å²) >= 11 is 0. The van der Waals surface area contributed by atoms with Gasteiger partial charge in [-0.3, -0.25) is 19.2 Å². The van der Waals surface area contributed by atoms with Crippen LogP contribution >= 0.6 is 31.4 Å². The molecule has 1 fully saturated rings. The molecule has 262 valence electrons. The number of rotatable bonds is 8. The molecule has 15 nitrogen and oxygen atoms in total. The second kappa shape index (κ2) is 27.7. The topological polar surface area (TPSA) is 227 Å². The number of carboxylic acid groups (broad SMARTS) is 2. The fraction of sp³-hybridized carbons (Fsp3) is 0.852. The van der Waals surface area contributed by atoms with Crippen molar-refractivity contribution in [3.05, 3.63) is 0 Å². The molecule has 1 saturated heterocycles. The van der Waals surface area contributed by atoms with Gasteiger partial charge in [-0.25, -0.2) is 0 Å². The maximum atomic E-state index is 12.9. The Labute approximate surface area is 279 Å². The van der Waals surface area contributed by atoms with Crippen molar-refractivity contribution in [3.8, 4) is 0 Å². The van der Waals surface area contributed by atoms with E-state index in [4.69, 9.17) is 21.7 Å². The minimum absolute atomic E-state index is 0.0463. The molecule has 0 saturated carbocycles. The third-order valence-corrected chi connectivity index (χ3v) is 10.9. The van der Waals surface area contributed by atoms with Gasteiger partial charge in [-0.05, 0) is 68.1 Å². The molecular weight excluding hydrogens is 643 g/mol. The largest absolute Gasteiger partial charge is 0.480 e. The number of hydrogen-bond acceptors (Lipinski definition) is 14. The molecule has 0 spiro atoms. The normalized spacial score (nSPS) is 20.4. The first-order valence-corrected chi connectivity index (χ1v) is 19.5. The molecule has 0 bridgehead atoms. The number of nitrogens with one attached hydrogen (secondary N) is 5. The van der Waals surface area contributed by atoms with Gasteiger partial charge in [-0.1, -0.05) is 21.6 Å². The van der Waals surface area contributed by atoms with Gasteiger partial charge in [0.1, 0.15) is 12.1 Å². The molecule has 1 rings (SSSR count). The van der Waals surface area contributed by atoms with Crippen LogP contribution in [0.2, 0.25) is 0 Å². The third-order valence-electron chi connectivity index (χ3n) is 6.93. The summed E-state index contributed by atoms with van der Waals surface area (Å²) in [5.41, 5.74) is 11.2. The van der Waals surface area contributed by atoms with E-state index in [1.807, 2.05) is 0 Å². The van der Waals surface area contributed by atoms with Crippen molar-refractivity contribution < 1.29 is 29.4 Å². The fourth-order valence-electron chi connectivity index (χ4n) is 4.09. The van der Waals surface area contributed by atoms with Crippen molar-refractivity contribution in [2.45, 2.75) is 57.0 Å². The highest BCUT2D eigenvalue weighted by Crippen LogP contribution is 2.35. The van der Waals surface area contributed by atoms with Crippen LogP contribution in [-0.2, 0) is 19.2 Å². The summed E-state index contributed by atoms with van der Waals surface area (Å²) in [6.45, 7) is 9.18. The number of carboxylic acids is 2. The zero-order valence-electron chi connectivity index (χ0n) is 26.3. The van der Waals surface area contributed by atoms with Crippen LogP contribution in [0.25, 0.3) is 0 Å². The molecule has 1 heterocycles. The number of carbonyl (C=O) groups excluding carboxylic acids is 2. The summed E-state index contributed by atoms with van der Waals surface area (Å²) in [7, 11) is 4.38. The van der Waals surface area contributed by atoms with Gasteiger partial charge in [-0.15, -0.1) is 0 Å². The highest BCUT2D eigenvalue weighted by Gasteiger charge is 2.20. The molecule has 0 aromatic carbocycles. The van der Waals surface area contributed by atoms with E-state index in [9.17, 15) is 19.2 Å². The summed E-state index contributed by atoms with van der Waals surface area (Å²) in [4.78, 5) is 51.4. The zero-order chi connectivity index (χ0) is 33.1. The van der Waals surface area contributed by atoms with Gasteiger partial charge in [0.2, 0.25) is 11.8 Å². The Hall–Kier alpha value is -1.35. The predicted molar refractivity (Wildman–Crippen MR) is 184 cm³/mol. The minimum Gasteiger partial charge on any atom is -0.480 e. The molecule has 0 aliphatic carbocycles. The second-order valence-corrected chi connectivity index (χ2v) is 14.8. The van der Waals surface area contributed by atoms with Crippen LogP contribution in [0.4, 0.5) is 0 Å². The van der Waals surface area contributed by atoms with Crippen molar-refractivity contribution in [1.82, 2.24) is 36.4 Å². The van der Waals surface area contributed by atoms with E-state index >= 15 is 0 Å². The van der Waals surface area contributed by atoms with Gasteiger partial charge in [-0.2, -0.15) is 0 Å². The maximum Gasteiger partial charge on any atom is 0.320 e. The Morgan fingerprint density at radius 3 is 1.33 bits per heavy atom. The first-order valence-electron chi connectivity index (χ1n) is 15.7. The average molecular weight is 698 g/mol. The Kier molecular flexibility index (Phi) is 25.7. The van der Waals surface area contributed by atoms with Crippen LogP contribution in [0.1, 0.15) is 44.9 Å². The molecule has 0 aromatic heterocycles. The number of aliphatic carboxylic acids is 2. The van der Waals surface area contributed by atoms with Crippen molar-refractivity contribution in [2.24, 2.45) is 11.5 Å². The number of carbonyl (C=O) groups is 4. The van der Waals surface area contributed by atoms with E-state index in [0.717, 1.165) is 71.6 Å². The Bertz CT molecular complexity index is 773. The van der Waals surface area contributed by atoms with Crippen LogP contribution in [-0.4, -0.2) is 146 Å². The standard InChI is InChI=1S/C27H55N9O6S3/c28-22(26(39)40)4-6-24(37)35-18-16-33-14-12-31-9-2-1-8-30-10-3-11-32-13-15-34-17-19-36(21-44-45-43-20-35)25(38)7-5-23(29)27(41)42/h22-23,30-34H,1-21,28-29H2,(H,39,40)(H,41,42)/t22-,23-/m0/s1. The molecule has 1 aliphatic heterocycles. The van der Waals surface area contributed by atoms with Crippen LogP contribution in [0.5, 0.6) is 0 Å². The number of hydrogen-bond donors (Lipinski definition) is 9. The molecule has 0 radical (unpaired) electrons. The number of nitrogens with two attached hydrogens (primary N) is 2. The summed E-state index contributed by atoms with van der Waals surface area (Å²) < 4.78 is 0. The summed E-state index contributed by atoms with van der Waals surface area (Å²) in [5.74, 6) is -1.79. The Morgan fingerprint density at radius 2 is 0.933 bits per heavy atom. The van der Waals surface area contributed by atoms with Crippen molar-refractivity contribution in [3.63, 3.8) is 0 Å². The van der Waals surface area contributed by atoms with Gasteiger partial charge in [0.15, 0.2) is 0 Å². The summed E-state index contributed by atoms with van der Waals surface area (Å²) in [6.07, 6.45) is 3.49. The molecule has 0 aromatic rings. The van der Waals surface area contributed by atoms with E-state index in [-0.39, 0.29) is 37.5 Å². The molecule has 2 atom stereocenters. The third kappa shape index (κ3) is 22.8. The predicted octanol–water partition coefficient (Wildman–Crippen LogP) is -0.896. The summed E-state index contributed by atoms with van der Waals surface area (Å²) in [5, 5.41) is 35.2. The lowest BCUT2D eigenvalue weighted by Gasteiger charge is -2.24. The van der Waals surface area contributed by atoms with E-state index in [0.29, 0.717) is 37.9 Å². The van der Waals surface area contributed by atoms with Gasteiger partial charge in [0.05, 0.1) is 11.8 Å². The number of amides is 2. The fourth-order valence-corrected chi connectivity index (χ4v) is 7.66. The Morgan fingerprint density at radius 1 is 0.578 bits per heavy atom. The van der Waals surface area contributed by atoms with Crippen molar-refractivity contribution >= 4 is 55.2 Å². The van der Waals surface area contributed by atoms with Crippen molar-refractivity contribution in [2.75, 3.05) is 90.3 Å². The average Bonchev–Trinajstić information content (AvgIpc) is 3.01. The van der Waals surface area contributed by atoms with Gasteiger partial charge in [0, 0.05) is 65.2 Å². The van der Waals surface area contributed by atoms with E-state index < -0.39 is 24.0 Å². The maximum absolute atomic E-state index is 12.9. The molecule has 1 aliphatic rings. The number of nitrogens with zero attached hydrogens (tertiary/aromatic N) is 2. The lowest BCUT2D eigenvalue weighted by atomic mass is 10.1. The monoisotopic (exact) mass is 697 g/mol. The van der Waals surface area contributed by atoms with Crippen molar-refractivity contribution in [1.29, 1.82) is 0 Å². The first kappa shape index (κ1) is 41.7. The molecule has 2 amide bonds. The highest BCUT2D eigenvalue weighted by atomic mass is 33.5. The SMILES string of the molecule is N[C@@H](CCC(=O)N1CCNCCNCCCCNCCCNCCNCCN(C(=O)CC[C@H](N)C(=O)O)CSSSC1)C(=O)O. The molecule has 0 unspecified atom stereocenters. The van der Waals surface area contributed by atoms with Crippen LogP contribution < -0.4 is 38.1 Å². The minimum atomic E-state index is -1.13. The molecule has 45 heavy (non-hydrogen) atoms. The second-order valence-electron chi connectivity index (χ2n) is 10.7. The zero-order valence-corrected chi connectivity index (χ0v) is 28.8. The van der Waals surface area contributed by atoms with Gasteiger partial charge >= 0.3 is 11.9 Å². The molecular formula is C27H55N9O6S3. The van der Waals surface area contributed by atoms with Crippen LogP contribution in [0.15, 0.2) is 0 Å². The molecule has 18 heteroatoms. The lowest BCUT2D eigenvalue weighted by Crippen LogP contribution is -2.39. The van der Waals surface area contributed by atoms with E-state index in [2.05, 4.69) is 26.6 Å². The smallest absolute Gasteiger partial charge is 0.320 e. The van der Waals surface area contributed by atoms with Crippen LogP contribution in [0.3, 0.4) is 0 Å². The first-order chi connectivity index (χ1) is 21.7.